The zero-order valence-corrected chi connectivity index (χ0v) is 17.7. The molecule has 1 unspecified atom stereocenters. The summed E-state index contributed by atoms with van der Waals surface area (Å²) in [7, 11) is 0. The second-order valence-electron chi connectivity index (χ2n) is 8.13. The van der Waals surface area contributed by atoms with Crippen LogP contribution in [0.25, 0.3) is 0 Å². The van der Waals surface area contributed by atoms with Gasteiger partial charge in [0, 0.05) is 30.8 Å². The molecule has 1 atom stereocenters. The summed E-state index contributed by atoms with van der Waals surface area (Å²) in [6.45, 7) is 2.92. The molecule has 1 aliphatic carbocycles. The van der Waals surface area contributed by atoms with Crippen LogP contribution >= 0.6 is 11.6 Å². The van der Waals surface area contributed by atoms with Gasteiger partial charge in [-0.25, -0.2) is 4.39 Å². The van der Waals surface area contributed by atoms with E-state index >= 15 is 0 Å². The third kappa shape index (κ3) is 3.54. The Morgan fingerprint density at radius 3 is 2.77 bits per heavy atom. The number of aliphatic hydroxyl groups is 1. The highest BCUT2D eigenvalue weighted by atomic mass is 35.5. The normalized spacial score (nSPS) is 18.5. The number of hydrogen-bond acceptors (Lipinski definition) is 5. The van der Waals surface area contributed by atoms with Crippen LogP contribution in [-0.2, 0) is 25.0 Å². The van der Waals surface area contributed by atoms with Gasteiger partial charge in [-0.1, -0.05) is 24.6 Å². The monoisotopic (exact) mass is 435 g/mol. The van der Waals surface area contributed by atoms with Gasteiger partial charge in [0.1, 0.15) is 12.0 Å². The molecule has 0 radical (unpaired) electrons. The van der Waals surface area contributed by atoms with Crippen LogP contribution in [0.1, 0.15) is 61.2 Å². The number of aliphatic hydroxyl groups excluding tert-OH is 1. The van der Waals surface area contributed by atoms with E-state index in [0.29, 0.717) is 18.4 Å². The molecule has 2 heterocycles. The lowest BCUT2D eigenvalue weighted by molar-refractivity contribution is 0.129. The van der Waals surface area contributed by atoms with Crippen LogP contribution in [0.2, 0.25) is 5.02 Å². The maximum atomic E-state index is 13.4. The first-order valence-corrected chi connectivity index (χ1v) is 10.9. The van der Waals surface area contributed by atoms with Gasteiger partial charge in [-0.3, -0.25) is 20.0 Å². The van der Waals surface area contributed by atoms with Crippen molar-refractivity contribution >= 4 is 11.6 Å². The number of halogens is 2. The number of aromatic hydroxyl groups is 1. The van der Waals surface area contributed by atoms with Crippen molar-refractivity contribution < 1.29 is 14.6 Å². The number of aromatic nitrogens is 1. The van der Waals surface area contributed by atoms with Gasteiger partial charge in [0.25, 0.3) is 5.56 Å². The summed E-state index contributed by atoms with van der Waals surface area (Å²) in [4.78, 5) is 13.2. The van der Waals surface area contributed by atoms with Gasteiger partial charge in [-0.05, 0) is 55.4 Å². The van der Waals surface area contributed by atoms with E-state index in [0.717, 1.165) is 43.5 Å². The molecule has 0 bridgehead atoms. The van der Waals surface area contributed by atoms with Gasteiger partial charge in [0.2, 0.25) is 0 Å². The van der Waals surface area contributed by atoms with E-state index in [9.17, 15) is 19.4 Å². The fraction of sp³-hybridized carbons (Fsp3) is 0.500. The van der Waals surface area contributed by atoms with E-state index in [1.165, 1.54) is 12.1 Å². The lowest BCUT2D eigenvalue weighted by Gasteiger charge is -2.40. The molecule has 2 aliphatic rings. The molecule has 4 rings (SSSR count). The zero-order chi connectivity index (χ0) is 21.5. The van der Waals surface area contributed by atoms with Crippen LogP contribution in [0.15, 0.2) is 23.0 Å². The highest BCUT2D eigenvalue weighted by Gasteiger charge is 2.42. The van der Waals surface area contributed by atoms with Crippen LogP contribution in [0.4, 0.5) is 4.39 Å². The first-order chi connectivity index (χ1) is 14.4. The number of rotatable bonds is 5. The van der Waals surface area contributed by atoms with Crippen LogP contribution in [0.3, 0.4) is 0 Å². The zero-order valence-electron chi connectivity index (χ0n) is 17.0. The number of fused-ring (bicyclic) bond motifs is 2. The van der Waals surface area contributed by atoms with Crippen molar-refractivity contribution in [2.45, 2.75) is 63.9 Å². The summed E-state index contributed by atoms with van der Waals surface area (Å²) < 4.78 is 15.1. The fourth-order valence-electron chi connectivity index (χ4n) is 5.00. The van der Waals surface area contributed by atoms with Gasteiger partial charge >= 0.3 is 0 Å². The molecule has 1 aliphatic heterocycles. The van der Waals surface area contributed by atoms with Crippen molar-refractivity contribution in [2.75, 3.05) is 6.54 Å². The third-order valence-corrected chi connectivity index (χ3v) is 6.68. The Morgan fingerprint density at radius 1 is 1.37 bits per heavy atom. The number of nitrogens with one attached hydrogen (secondary N) is 2. The Bertz CT molecular complexity index is 1020. The topological polar surface area (TPSA) is 86.5 Å². The molecule has 1 saturated carbocycles. The minimum Gasteiger partial charge on any atom is -0.503 e. The summed E-state index contributed by atoms with van der Waals surface area (Å²) in [6.07, 6.45) is 3.78. The summed E-state index contributed by atoms with van der Waals surface area (Å²) in [5.41, 5.74) is 1.71. The molecule has 1 spiro atoms. The van der Waals surface area contributed by atoms with Crippen molar-refractivity contribution in [2.24, 2.45) is 0 Å². The van der Waals surface area contributed by atoms with Gasteiger partial charge in [0.15, 0.2) is 5.75 Å². The summed E-state index contributed by atoms with van der Waals surface area (Å²) >= 11 is 5.82. The molecule has 1 aromatic heterocycles. The van der Waals surface area contributed by atoms with E-state index in [1.807, 2.05) is 6.92 Å². The molecule has 6 nitrogen and oxygen atoms in total. The van der Waals surface area contributed by atoms with E-state index < -0.39 is 29.0 Å². The summed E-state index contributed by atoms with van der Waals surface area (Å²) in [5, 5.41) is 28.1. The average molecular weight is 436 g/mol. The third-order valence-electron chi connectivity index (χ3n) is 6.39. The number of benzene rings is 1. The van der Waals surface area contributed by atoms with E-state index in [2.05, 4.69) is 10.6 Å². The second kappa shape index (κ2) is 8.30. The predicted molar refractivity (Wildman–Crippen MR) is 113 cm³/mol. The van der Waals surface area contributed by atoms with Crippen LogP contribution in [0, 0.1) is 5.82 Å². The first-order valence-electron chi connectivity index (χ1n) is 10.5. The van der Waals surface area contributed by atoms with Crippen molar-refractivity contribution in [3.8, 4) is 5.75 Å². The highest BCUT2D eigenvalue weighted by Crippen LogP contribution is 2.39. The largest absolute Gasteiger partial charge is 0.503 e. The van der Waals surface area contributed by atoms with Crippen LogP contribution < -0.4 is 16.2 Å². The number of pyridine rings is 1. The van der Waals surface area contributed by atoms with Crippen LogP contribution in [-0.4, -0.2) is 21.3 Å². The maximum Gasteiger partial charge on any atom is 0.294 e. The predicted octanol–water partition coefficient (Wildman–Crippen LogP) is 3.06. The minimum atomic E-state index is -1.24. The molecular weight excluding hydrogens is 409 g/mol. The molecule has 0 saturated heterocycles. The Hall–Kier alpha value is -1.93. The fourth-order valence-corrected chi connectivity index (χ4v) is 5.20. The average Bonchev–Trinajstić information content (AvgIpc) is 3.19. The minimum absolute atomic E-state index is 0.00210. The lowest BCUT2D eigenvalue weighted by atomic mass is 9.94. The van der Waals surface area contributed by atoms with Crippen LogP contribution in [0.5, 0.6) is 5.75 Å². The number of nitrogens with zero attached hydrogens (tertiary/aromatic N) is 1. The first kappa shape index (κ1) is 21.3. The molecule has 0 amide bonds. The summed E-state index contributed by atoms with van der Waals surface area (Å²) in [6, 6.07) is 4.31. The van der Waals surface area contributed by atoms with Gasteiger partial charge in [0.05, 0.1) is 10.7 Å². The van der Waals surface area contributed by atoms with E-state index in [-0.39, 0.29) is 17.1 Å². The van der Waals surface area contributed by atoms with Crippen molar-refractivity contribution in [3.63, 3.8) is 0 Å². The van der Waals surface area contributed by atoms with E-state index in [1.54, 1.807) is 10.6 Å². The van der Waals surface area contributed by atoms with Crippen molar-refractivity contribution in [3.05, 3.63) is 61.8 Å². The quantitative estimate of drug-likeness (QED) is 0.542. The molecular formula is C22H27ClFN3O3. The molecule has 4 N–H and O–H groups in total. The standard InChI is InChI=1S/C22H27ClFN3O3/c1-2-14-17-7-10-26-22(8-3-4-9-22)27(17)21(30)19(28)18(14)20(29)25-12-13-5-6-16(24)15(23)11-13/h5-6,11,20,25-26,28-29H,2-4,7-10,12H2,1H3. The van der Waals surface area contributed by atoms with Gasteiger partial charge in [-0.15, -0.1) is 0 Å². The molecule has 1 fully saturated rings. The SMILES string of the molecule is CCc1c(C(O)NCc2ccc(F)c(Cl)c2)c(O)c(=O)n2c1CCNC21CCCC1. The Balaban J connectivity index is 1.70. The second-order valence-corrected chi connectivity index (χ2v) is 8.54. The molecule has 2 aromatic rings. The Labute approximate surface area is 179 Å². The van der Waals surface area contributed by atoms with Gasteiger partial charge < -0.3 is 10.2 Å². The Kier molecular flexibility index (Phi) is 5.90. The smallest absolute Gasteiger partial charge is 0.294 e. The molecule has 8 heteroatoms. The van der Waals surface area contributed by atoms with E-state index in [4.69, 9.17) is 11.6 Å². The number of hydrogen-bond donors (Lipinski definition) is 4. The molecule has 1 aromatic carbocycles. The van der Waals surface area contributed by atoms with Gasteiger partial charge in [-0.2, -0.15) is 0 Å². The maximum absolute atomic E-state index is 13.4. The summed E-state index contributed by atoms with van der Waals surface area (Å²) in [5.74, 6) is -0.924. The van der Waals surface area contributed by atoms with Crippen molar-refractivity contribution in [1.82, 2.24) is 15.2 Å². The van der Waals surface area contributed by atoms with Crippen molar-refractivity contribution in [1.29, 1.82) is 0 Å². The molecule has 30 heavy (non-hydrogen) atoms. The molecule has 162 valence electrons. The highest BCUT2D eigenvalue weighted by molar-refractivity contribution is 6.30. The lowest BCUT2D eigenvalue weighted by Crippen LogP contribution is -2.56. The Morgan fingerprint density at radius 2 is 2.10 bits per heavy atom.